The molecule has 82 valence electrons. The van der Waals surface area contributed by atoms with Crippen molar-refractivity contribution in [2.24, 2.45) is 4.99 Å². The number of carbonyl (C=O) groups is 1. The smallest absolute Gasteiger partial charge is 0.372 e. The predicted octanol–water partition coefficient (Wildman–Crippen LogP) is 2.13. The summed E-state index contributed by atoms with van der Waals surface area (Å²) in [6.45, 7) is 5.56. The average Bonchev–Trinajstić information content (AvgIpc) is 2.46. The lowest BCUT2D eigenvalue weighted by molar-refractivity contribution is 0.0662. The standard InChI is InChI=1S/C10H14N2O3/c1-6(2)11-5-12-8-4-7(3)9(15-8)10(13)14/h4-6H,1-3H3,(H,11,12)(H,13,14). The van der Waals surface area contributed by atoms with Gasteiger partial charge < -0.3 is 14.8 Å². The number of anilines is 1. The molecular weight excluding hydrogens is 196 g/mol. The van der Waals surface area contributed by atoms with E-state index in [4.69, 9.17) is 9.52 Å². The second-order valence-corrected chi connectivity index (χ2v) is 3.44. The SMILES string of the molecule is Cc1cc(NC=NC(C)C)oc1C(=O)O. The van der Waals surface area contributed by atoms with Gasteiger partial charge in [-0.1, -0.05) is 0 Å². The Hall–Kier alpha value is -1.78. The van der Waals surface area contributed by atoms with Crippen LogP contribution in [0.2, 0.25) is 0 Å². The van der Waals surface area contributed by atoms with E-state index in [1.165, 1.54) is 6.34 Å². The molecule has 0 bridgehead atoms. The number of aliphatic imine (C=N–C) groups is 1. The highest BCUT2D eigenvalue weighted by atomic mass is 16.4. The Morgan fingerprint density at radius 1 is 1.67 bits per heavy atom. The highest BCUT2D eigenvalue weighted by Crippen LogP contribution is 2.18. The number of nitrogens with zero attached hydrogens (tertiary/aromatic N) is 1. The van der Waals surface area contributed by atoms with Crippen molar-refractivity contribution in [2.75, 3.05) is 5.32 Å². The zero-order chi connectivity index (χ0) is 11.4. The molecule has 1 rings (SSSR count). The van der Waals surface area contributed by atoms with Crippen molar-refractivity contribution in [3.05, 3.63) is 17.4 Å². The summed E-state index contributed by atoms with van der Waals surface area (Å²) in [5.74, 6) is -0.730. The minimum atomic E-state index is -1.07. The molecule has 0 unspecified atom stereocenters. The number of carboxylic acids is 1. The maximum atomic E-state index is 10.7. The first kappa shape index (κ1) is 11.3. The summed E-state index contributed by atoms with van der Waals surface area (Å²) in [6.07, 6.45) is 1.49. The van der Waals surface area contributed by atoms with Crippen molar-refractivity contribution in [3.63, 3.8) is 0 Å². The van der Waals surface area contributed by atoms with Gasteiger partial charge in [0.25, 0.3) is 0 Å². The van der Waals surface area contributed by atoms with Gasteiger partial charge in [0.15, 0.2) is 5.88 Å². The number of aromatic carboxylic acids is 1. The van der Waals surface area contributed by atoms with Gasteiger partial charge in [-0.15, -0.1) is 0 Å². The van der Waals surface area contributed by atoms with Gasteiger partial charge in [0.1, 0.15) is 0 Å². The minimum absolute atomic E-state index is 0.0459. The molecule has 0 amide bonds. The van der Waals surface area contributed by atoms with E-state index in [1.807, 2.05) is 13.8 Å². The molecule has 15 heavy (non-hydrogen) atoms. The third kappa shape index (κ3) is 3.12. The number of carboxylic acid groups (broad SMARTS) is 1. The number of nitrogens with one attached hydrogen (secondary N) is 1. The summed E-state index contributed by atoms with van der Waals surface area (Å²) in [6, 6.07) is 1.81. The molecule has 0 aromatic carbocycles. The van der Waals surface area contributed by atoms with Crippen molar-refractivity contribution in [2.45, 2.75) is 26.8 Å². The molecule has 0 saturated heterocycles. The molecule has 0 spiro atoms. The van der Waals surface area contributed by atoms with Crippen LogP contribution in [0.15, 0.2) is 15.5 Å². The van der Waals surface area contributed by atoms with Crippen molar-refractivity contribution in [1.29, 1.82) is 0 Å². The maximum Gasteiger partial charge on any atom is 0.372 e. The van der Waals surface area contributed by atoms with E-state index in [0.717, 1.165) is 0 Å². The number of hydrogen-bond acceptors (Lipinski definition) is 3. The maximum absolute atomic E-state index is 10.7. The van der Waals surface area contributed by atoms with Crippen LogP contribution < -0.4 is 5.32 Å². The van der Waals surface area contributed by atoms with Gasteiger partial charge in [0.2, 0.25) is 5.76 Å². The van der Waals surface area contributed by atoms with Crippen LogP contribution in [0.25, 0.3) is 0 Å². The number of aryl methyl sites for hydroxylation is 1. The summed E-state index contributed by atoms with van der Waals surface area (Å²) < 4.78 is 5.06. The Morgan fingerprint density at radius 3 is 2.80 bits per heavy atom. The summed E-state index contributed by atoms with van der Waals surface area (Å²) in [5.41, 5.74) is 0.586. The first-order valence-electron chi connectivity index (χ1n) is 4.62. The predicted molar refractivity (Wildman–Crippen MR) is 57.7 cm³/mol. The monoisotopic (exact) mass is 210 g/mol. The Morgan fingerprint density at radius 2 is 2.33 bits per heavy atom. The molecule has 0 aliphatic heterocycles. The summed E-state index contributed by atoms with van der Waals surface area (Å²) in [7, 11) is 0. The van der Waals surface area contributed by atoms with E-state index in [2.05, 4.69) is 10.3 Å². The molecule has 0 fully saturated rings. The van der Waals surface area contributed by atoms with Gasteiger partial charge in [0.05, 0.1) is 6.34 Å². The van der Waals surface area contributed by atoms with E-state index in [9.17, 15) is 4.79 Å². The van der Waals surface area contributed by atoms with Gasteiger partial charge in [-0.25, -0.2) is 4.79 Å². The Bertz CT molecular complexity index is 380. The van der Waals surface area contributed by atoms with Gasteiger partial charge in [-0.3, -0.25) is 4.99 Å². The lowest BCUT2D eigenvalue weighted by Gasteiger charge is -1.95. The molecule has 1 aromatic rings. The van der Waals surface area contributed by atoms with E-state index >= 15 is 0 Å². The molecule has 1 aromatic heterocycles. The number of hydrogen-bond donors (Lipinski definition) is 2. The van der Waals surface area contributed by atoms with Crippen LogP contribution in [0.1, 0.15) is 30.0 Å². The zero-order valence-corrected chi connectivity index (χ0v) is 8.94. The fourth-order valence-electron chi connectivity index (χ4n) is 1.02. The Labute approximate surface area is 87.8 Å². The number of furan rings is 1. The molecule has 5 nitrogen and oxygen atoms in total. The van der Waals surface area contributed by atoms with E-state index in [1.54, 1.807) is 13.0 Å². The van der Waals surface area contributed by atoms with Crippen molar-refractivity contribution >= 4 is 18.2 Å². The fourth-order valence-corrected chi connectivity index (χ4v) is 1.02. The van der Waals surface area contributed by atoms with Gasteiger partial charge in [-0.2, -0.15) is 0 Å². The molecular formula is C10H14N2O3. The highest BCUT2D eigenvalue weighted by Gasteiger charge is 2.13. The quantitative estimate of drug-likeness (QED) is 0.589. The van der Waals surface area contributed by atoms with Crippen LogP contribution in [-0.2, 0) is 0 Å². The normalized spacial score (nSPS) is 11.2. The Kier molecular flexibility index (Phi) is 3.49. The van der Waals surface area contributed by atoms with E-state index < -0.39 is 5.97 Å². The van der Waals surface area contributed by atoms with Gasteiger partial charge in [0, 0.05) is 17.7 Å². The van der Waals surface area contributed by atoms with Crippen LogP contribution in [-0.4, -0.2) is 23.5 Å². The number of rotatable bonds is 4. The fraction of sp³-hybridized carbons (Fsp3) is 0.400. The third-order valence-corrected chi connectivity index (χ3v) is 1.69. The van der Waals surface area contributed by atoms with Crippen molar-refractivity contribution in [1.82, 2.24) is 0 Å². The second-order valence-electron chi connectivity index (χ2n) is 3.44. The topological polar surface area (TPSA) is 74.8 Å². The zero-order valence-electron chi connectivity index (χ0n) is 8.94. The first-order chi connectivity index (χ1) is 7.00. The van der Waals surface area contributed by atoms with Gasteiger partial charge >= 0.3 is 5.97 Å². The van der Waals surface area contributed by atoms with Gasteiger partial charge in [-0.05, 0) is 20.8 Å². The summed E-state index contributed by atoms with van der Waals surface area (Å²) in [5, 5.41) is 11.5. The van der Waals surface area contributed by atoms with Crippen LogP contribution in [0.5, 0.6) is 0 Å². The molecule has 2 N–H and O–H groups in total. The van der Waals surface area contributed by atoms with Crippen LogP contribution in [0, 0.1) is 6.92 Å². The molecule has 0 atom stereocenters. The van der Waals surface area contributed by atoms with E-state index in [-0.39, 0.29) is 11.8 Å². The second kappa shape index (κ2) is 4.63. The van der Waals surface area contributed by atoms with Crippen molar-refractivity contribution in [3.8, 4) is 0 Å². The van der Waals surface area contributed by atoms with Crippen molar-refractivity contribution < 1.29 is 14.3 Å². The molecule has 0 radical (unpaired) electrons. The molecule has 5 heteroatoms. The molecule has 1 heterocycles. The molecule has 0 saturated carbocycles. The lowest BCUT2D eigenvalue weighted by Crippen LogP contribution is -1.98. The molecule has 0 aliphatic carbocycles. The third-order valence-electron chi connectivity index (χ3n) is 1.69. The summed E-state index contributed by atoms with van der Waals surface area (Å²) in [4.78, 5) is 14.7. The Balaban J connectivity index is 2.71. The minimum Gasteiger partial charge on any atom is -0.475 e. The molecule has 0 aliphatic rings. The van der Waals surface area contributed by atoms with Crippen LogP contribution in [0.4, 0.5) is 5.88 Å². The average molecular weight is 210 g/mol. The largest absolute Gasteiger partial charge is 0.475 e. The summed E-state index contributed by atoms with van der Waals surface area (Å²) >= 11 is 0. The lowest BCUT2D eigenvalue weighted by atomic mass is 10.3. The first-order valence-corrected chi connectivity index (χ1v) is 4.62. The van der Waals surface area contributed by atoms with Crippen LogP contribution >= 0.6 is 0 Å². The highest BCUT2D eigenvalue weighted by molar-refractivity contribution is 5.87. The van der Waals surface area contributed by atoms with E-state index in [0.29, 0.717) is 11.4 Å². The van der Waals surface area contributed by atoms with Crippen LogP contribution in [0.3, 0.4) is 0 Å².